The molecular formula is C14H22O. The van der Waals surface area contributed by atoms with Crippen LogP contribution in [0.2, 0.25) is 0 Å². The lowest BCUT2D eigenvalue weighted by Gasteiger charge is -2.27. The lowest BCUT2D eigenvalue weighted by Crippen LogP contribution is -2.30. The van der Waals surface area contributed by atoms with E-state index in [2.05, 4.69) is 38.1 Å². The maximum absolute atomic E-state index is 10.1. The van der Waals surface area contributed by atoms with Crippen molar-refractivity contribution in [1.82, 2.24) is 0 Å². The van der Waals surface area contributed by atoms with Gasteiger partial charge in [0.05, 0.1) is 5.60 Å². The van der Waals surface area contributed by atoms with Gasteiger partial charge >= 0.3 is 0 Å². The van der Waals surface area contributed by atoms with E-state index in [1.54, 1.807) is 0 Å². The summed E-state index contributed by atoms with van der Waals surface area (Å²) in [7, 11) is 0. The molecule has 0 heterocycles. The molecule has 1 atom stereocenters. The summed E-state index contributed by atoms with van der Waals surface area (Å²) in [6, 6.07) is 10.5. The number of rotatable bonds is 5. The third-order valence-corrected chi connectivity index (χ3v) is 3.23. The maximum atomic E-state index is 10.1. The number of aryl methyl sites for hydroxylation is 1. The molecule has 84 valence electrons. The van der Waals surface area contributed by atoms with Crippen LogP contribution in [-0.4, -0.2) is 10.7 Å². The maximum Gasteiger partial charge on any atom is 0.0642 e. The first-order valence-corrected chi connectivity index (χ1v) is 5.78. The smallest absolute Gasteiger partial charge is 0.0642 e. The molecule has 1 aromatic carbocycles. The molecule has 0 aliphatic rings. The average Bonchev–Trinajstić information content (AvgIpc) is 2.19. The Morgan fingerprint density at radius 3 is 2.33 bits per heavy atom. The Kier molecular flexibility index (Phi) is 4.34. The Morgan fingerprint density at radius 1 is 1.20 bits per heavy atom. The first-order chi connectivity index (χ1) is 7.02. The molecule has 1 unspecified atom stereocenters. The predicted octanol–water partition coefficient (Wildman–Crippen LogP) is 3.42. The molecule has 0 fully saturated rings. The van der Waals surface area contributed by atoms with Crippen LogP contribution in [0.5, 0.6) is 0 Å². The van der Waals surface area contributed by atoms with Crippen molar-refractivity contribution in [2.24, 2.45) is 5.92 Å². The number of aliphatic hydroxyl groups is 1. The zero-order chi connectivity index (χ0) is 11.3. The summed E-state index contributed by atoms with van der Waals surface area (Å²) < 4.78 is 0. The molecule has 0 aliphatic heterocycles. The van der Waals surface area contributed by atoms with Crippen LogP contribution in [0.4, 0.5) is 0 Å². The molecule has 0 aliphatic carbocycles. The SMILES string of the molecule is CC(C)C(C)(O)CCCc1ccccc1. The van der Waals surface area contributed by atoms with Gasteiger partial charge in [-0.2, -0.15) is 0 Å². The predicted molar refractivity (Wildman–Crippen MR) is 64.8 cm³/mol. The van der Waals surface area contributed by atoms with Crippen molar-refractivity contribution < 1.29 is 5.11 Å². The summed E-state index contributed by atoms with van der Waals surface area (Å²) in [5.41, 5.74) is 0.839. The highest BCUT2D eigenvalue weighted by Crippen LogP contribution is 2.22. The Hall–Kier alpha value is -0.820. The van der Waals surface area contributed by atoms with Gasteiger partial charge in [0.2, 0.25) is 0 Å². The highest BCUT2D eigenvalue weighted by Gasteiger charge is 2.23. The van der Waals surface area contributed by atoms with Crippen LogP contribution < -0.4 is 0 Å². The van der Waals surface area contributed by atoms with E-state index in [9.17, 15) is 5.11 Å². The third-order valence-electron chi connectivity index (χ3n) is 3.23. The van der Waals surface area contributed by atoms with E-state index < -0.39 is 5.60 Å². The highest BCUT2D eigenvalue weighted by molar-refractivity contribution is 5.14. The molecule has 1 nitrogen and oxygen atoms in total. The van der Waals surface area contributed by atoms with Gasteiger partial charge in [0.25, 0.3) is 0 Å². The third kappa shape index (κ3) is 4.05. The molecular weight excluding hydrogens is 184 g/mol. The van der Waals surface area contributed by atoms with Gasteiger partial charge < -0.3 is 5.11 Å². The summed E-state index contributed by atoms with van der Waals surface area (Å²) in [6.07, 6.45) is 2.98. The van der Waals surface area contributed by atoms with Crippen LogP contribution in [-0.2, 0) is 6.42 Å². The van der Waals surface area contributed by atoms with Gasteiger partial charge in [0.15, 0.2) is 0 Å². The summed E-state index contributed by atoms with van der Waals surface area (Å²) >= 11 is 0. The van der Waals surface area contributed by atoms with Crippen LogP contribution in [0.15, 0.2) is 30.3 Å². The van der Waals surface area contributed by atoms with Crippen molar-refractivity contribution in [2.45, 2.75) is 45.6 Å². The number of hydrogen-bond donors (Lipinski definition) is 1. The summed E-state index contributed by atoms with van der Waals surface area (Å²) in [5.74, 6) is 0.327. The fourth-order valence-corrected chi connectivity index (χ4v) is 1.58. The molecule has 0 saturated carbocycles. The van der Waals surface area contributed by atoms with Crippen molar-refractivity contribution in [2.75, 3.05) is 0 Å². The fourth-order valence-electron chi connectivity index (χ4n) is 1.58. The summed E-state index contributed by atoms with van der Waals surface area (Å²) in [5, 5.41) is 10.1. The molecule has 1 heteroatoms. The molecule has 1 aromatic rings. The first kappa shape index (κ1) is 12.3. The lowest BCUT2D eigenvalue weighted by atomic mass is 9.87. The van der Waals surface area contributed by atoms with E-state index in [4.69, 9.17) is 0 Å². The molecule has 0 spiro atoms. The Bertz CT molecular complexity index is 275. The molecule has 15 heavy (non-hydrogen) atoms. The van der Waals surface area contributed by atoms with Crippen molar-refractivity contribution in [3.05, 3.63) is 35.9 Å². The average molecular weight is 206 g/mol. The minimum atomic E-state index is -0.519. The van der Waals surface area contributed by atoms with Crippen molar-refractivity contribution >= 4 is 0 Å². The van der Waals surface area contributed by atoms with E-state index in [-0.39, 0.29) is 0 Å². The van der Waals surface area contributed by atoms with E-state index in [1.807, 2.05) is 13.0 Å². The van der Waals surface area contributed by atoms with Crippen LogP contribution in [0, 0.1) is 5.92 Å². The second-order valence-electron chi connectivity index (χ2n) is 4.85. The Morgan fingerprint density at radius 2 is 1.80 bits per heavy atom. The van der Waals surface area contributed by atoms with Gasteiger partial charge in [0, 0.05) is 0 Å². The molecule has 0 radical (unpaired) electrons. The topological polar surface area (TPSA) is 20.2 Å². The zero-order valence-corrected chi connectivity index (χ0v) is 10.0. The van der Waals surface area contributed by atoms with Crippen LogP contribution >= 0.6 is 0 Å². The quantitative estimate of drug-likeness (QED) is 0.782. The molecule has 0 bridgehead atoms. The minimum absolute atomic E-state index is 0.327. The highest BCUT2D eigenvalue weighted by atomic mass is 16.3. The van der Waals surface area contributed by atoms with Crippen LogP contribution in [0.1, 0.15) is 39.2 Å². The molecule has 0 saturated heterocycles. The minimum Gasteiger partial charge on any atom is -0.390 e. The standard InChI is InChI=1S/C14H22O/c1-12(2)14(3,15)11-7-10-13-8-5-4-6-9-13/h4-6,8-9,12,15H,7,10-11H2,1-3H3. The second kappa shape index (κ2) is 5.32. The molecule has 0 aromatic heterocycles. The molecule has 1 N–H and O–H groups in total. The van der Waals surface area contributed by atoms with Crippen molar-refractivity contribution in [3.63, 3.8) is 0 Å². The van der Waals surface area contributed by atoms with Crippen molar-refractivity contribution in [1.29, 1.82) is 0 Å². The van der Waals surface area contributed by atoms with Gasteiger partial charge in [-0.3, -0.25) is 0 Å². The Labute approximate surface area is 93.1 Å². The van der Waals surface area contributed by atoms with Gasteiger partial charge in [0.1, 0.15) is 0 Å². The first-order valence-electron chi connectivity index (χ1n) is 5.78. The van der Waals surface area contributed by atoms with Crippen LogP contribution in [0.3, 0.4) is 0 Å². The Balaban J connectivity index is 2.34. The van der Waals surface area contributed by atoms with Crippen molar-refractivity contribution in [3.8, 4) is 0 Å². The second-order valence-corrected chi connectivity index (χ2v) is 4.85. The number of hydrogen-bond acceptors (Lipinski definition) is 1. The largest absolute Gasteiger partial charge is 0.390 e. The van der Waals surface area contributed by atoms with E-state index in [0.717, 1.165) is 19.3 Å². The zero-order valence-electron chi connectivity index (χ0n) is 10.0. The molecule has 0 amide bonds. The number of benzene rings is 1. The van der Waals surface area contributed by atoms with Gasteiger partial charge in [-0.1, -0.05) is 44.2 Å². The van der Waals surface area contributed by atoms with Crippen LogP contribution in [0.25, 0.3) is 0 Å². The van der Waals surface area contributed by atoms with E-state index in [1.165, 1.54) is 5.56 Å². The normalized spacial score (nSPS) is 15.3. The summed E-state index contributed by atoms with van der Waals surface area (Å²) in [4.78, 5) is 0. The fraction of sp³-hybridized carbons (Fsp3) is 0.571. The van der Waals surface area contributed by atoms with Gasteiger partial charge in [-0.05, 0) is 37.7 Å². The molecule has 1 rings (SSSR count). The lowest BCUT2D eigenvalue weighted by molar-refractivity contribution is 0.00373. The van der Waals surface area contributed by atoms with Gasteiger partial charge in [-0.25, -0.2) is 0 Å². The summed E-state index contributed by atoms with van der Waals surface area (Å²) in [6.45, 7) is 6.08. The van der Waals surface area contributed by atoms with Gasteiger partial charge in [-0.15, -0.1) is 0 Å². The van der Waals surface area contributed by atoms with E-state index >= 15 is 0 Å². The van der Waals surface area contributed by atoms with E-state index in [0.29, 0.717) is 5.92 Å². The monoisotopic (exact) mass is 206 g/mol.